The van der Waals surface area contributed by atoms with E-state index in [1.54, 1.807) is 24.3 Å². The summed E-state index contributed by atoms with van der Waals surface area (Å²) in [4.78, 5) is 0. The van der Waals surface area contributed by atoms with Crippen LogP contribution in [0, 0.1) is 0 Å². The molecule has 2 rings (SSSR count). The summed E-state index contributed by atoms with van der Waals surface area (Å²) < 4.78 is 28.4. The quantitative estimate of drug-likeness (QED) is 0.764. The molecule has 0 spiro atoms. The first-order valence-corrected chi connectivity index (χ1v) is 8.88. The summed E-state index contributed by atoms with van der Waals surface area (Å²) in [6, 6.07) is 8.18. The zero-order valence-electron chi connectivity index (χ0n) is 8.65. The number of thiophene rings is 1. The Kier molecular flexibility index (Phi) is 4.38. The molecule has 1 aromatic heterocycles. The summed E-state index contributed by atoms with van der Waals surface area (Å²) in [6.45, 7) is 0. The van der Waals surface area contributed by atoms with Crippen LogP contribution in [0.1, 0.15) is 0 Å². The van der Waals surface area contributed by atoms with Crippen LogP contribution in [0.3, 0.4) is 0 Å². The second kappa shape index (κ2) is 5.50. The van der Waals surface area contributed by atoms with Gasteiger partial charge in [-0.2, -0.15) is 0 Å². The van der Waals surface area contributed by atoms with E-state index in [0.29, 0.717) is 10.7 Å². The van der Waals surface area contributed by atoms with Gasteiger partial charge in [0, 0.05) is 4.47 Å². The molecule has 0 radical (unpaired) electrons. The monoisotopic (exact) mass is 429 g/mol. The van der Waals surface area contributed by atoms with Gasteiger partial charge in [0.2, 0.25) is 0 Å². The van der Waals surface area contributed by atoms with Gasteiger partial charge in [-0.05, 0) is 46.3 Å². The van der Waals surface area contributed by atoms with Crippen LogP contribution in [0.15, 0.2) is 42.8 Å². The van der Waals surface area contributed by atoms with Crippen molar-refractivity contribution < 1.29 is 8.42 Å². The lowest BCUT2D eigenvalue weighted by Crippen LogP contribution is -2.11. The average Bonchev–Trinajstić information content (AvgIpc) is 2.71. The molecule has 2 aromatic rings. The second-order valence-electron chi connectivity index (χ2n) is 3.29. The molecule has 96 valence electrons. The minimum atomic E-state index is -3.60. The maximum absolute atomic E-state index is 12.1. The highest BCUT2D eigenvalue weighted by Gasteiger charge is 2.18. The summed E-state index contributed by atoms with van der Waals surface area (Å²) >= 11 is 13.6. The van der Waals surface area contributed by atoms with Gasteiger partial charge in [-0.25, -0.2) is 8.42 Å². The Hall–Kier alpha value is -0.0800. The molecule has 0 aliphatic carbocycles. The molecule has 18 heavy (non-hydrogen) atoms. The highest BCUT2D eigenvalue weighted by Crippen LogP contribution is 2.31. The van der Waals surface area contributed by atoms with Crippen LogP contribution in [-0.2, 0) is 10.0 Å². The van der Waals surface area contributed by atoms with Gasteiger partial charge in [-0.1, -0.05) is 27.5 Å². The van der Waals surface area contributed by atoms with Crippen LogP contribution in [0.2, 0.25) is 5.02 Å². The van der Waals surface area contributed by atoms with E-state index < -0.39 is 10.0 Å². The van der Waals surface area contributed by atoms with E-state index in [4.69, 9.17) is 11.6 Å². The zero-order valence-corrected chi connectivity index (χ0v) is 14.2. The van der Waals surface area contributed by atoms with Gasteiger partial charge in [0.1, 0.15) is 4.21 Å². The highest BCUT2D eigenvalue weighted by molar-refractivity contribution is 9.11. The molecule has 0 saturated carbocycles. The van der Waals surface area contributed by atoms with Crippen molar-refractivity contribution in [3.8, 4) is 0 Å². The molecule has 0 unspecified atom stereocenters. The van der Waals surface area contributed by atoms with Gasteiger partial charge in [0.05, 0.1) is 14.5 Å². The number of rotatable bonds is 3. The Labute approximate surface area is 130 Å². The molecule has 0 aliphatic rings. The van der Waals surface area contributed by atoms with Gasteiger partial charge in [-0.15, -0.1) is 11.3 Å². The van der Waals surface area contributed by atoms with Crippen LogP contribution in [0.5, 0.6) is 0 Å². The van der Waals surface area contributed by atoms with E-state index in [-0.39, 0.29) is 4.21 Å². The number of halogens is 3. The van der Waals surface area contributed by atoms with Gasteiger partial charge < -0.3 is 0 Å². The fraction of sp³-hybridized carbons (Fsp3) is 0. The summed E-state index contributed by atoms with van der Waals surface area (Å²) in [5, 5.41) is 0.345. The van der Waals surface area contributed by atoms with Crippen molar-refractivity contribution in [2.45, 2.75) is 4.21 Å². The molecule has 1 heterocycles. The Bertz CT molecular complexity index is 685. The van der Waals surface area contributed by atoms with Crippen molar-refractivity contribution in [1.82, 2.24) is 0 Å². The minimum absolute atomic E-state index is 0.227. The van der Waals surface area contributed by atoms with Gasteiger partial charge in [0.15, 0.2) is 0 Å². The number of benzene rings is 1. The molecule has 8 heteroatoms. The number of hydrogen-bond acceptors (Lipinski definition) is 3. The standard InChI is InChI=1S/C10H6Br2ClNO2S2/c11-6-1-2-7(13)8(5-6)14-18(15,16)10-4-3-9(12)17-10/h1-5,14H. The molecule has 0 saturated heterocycles. The predicted octanol–water partition coefficient (Wildman–Crippen LogP) is 4.73. The molecule has 3 nitrogen and oxygen atoms in total. The summed E-state index contributed by atoms with van der Waals surface area (Å²) in [6.07, 6.45) is 0. The van der Waals surface area contributed by atoms with Gasteiger partial charge in [0.25, 0.3) is 10.0 Å². The van der Waals surface area contributed by atoms with Gasteiger partial charge in [-0.3, -0.25) is 4.72 Å². The van der Waals surface area contributed by atoms with Crippen molar-refractivity contribution in [3.05, 3.63) is 43.6 Å². The fourth-order valence-corrected chi connectivity index (χ4v) is 4.88. The van der Waals surface area contributed by atoms with E-state index >= 15 is 0 Å². The van der Waals surface area contributed by atoms with Crippen molar-refractivity contribution in [2.75, 3.05) is 4.72 Å². The van der Waals surface area contributed by atoms with Crippen LogP contribution in [-0.4, -0.2) is 8.42 Å². The van der Waals surface area contributed by atoms with E-state index in [0.717, 1.165) is 19.6 Å². The van der Waals surface area contributed by atoms with E-state index in [1.807, 2.05) is 0 Å². The lowest BCUT2D eigenvalue weighted by molar-refractivity contribution is 0.603. The van der Waals surface area contributed by atoms with E-state index in [2.05, 4.69) is 36.6 Å². The van der Waals surface area contributed by atoms with Crippen molar-refractivity contribution in [1.29, 1.82) is 0 Å². The van der Waals surface area contributed by atoms with Crippen LogP contribution < -0.4 is 4.72 Å². The van der Waals surface area contributed by atoms with Crippen LogP contribution in [0.4, 0.5) is 5.69 Å². The Morgan fingerprint density at radius 3 is 2.50 bits per heavy atom. The number of sulfonamides is 1. The Balaban J connectivity index is 2.36. The SMILES string of the molecule is O=S(=O)(Nc1cc(Br)ccc1Cl)c1ccc(Br)s1. The first kappa shape index (κ1) is 14.3. The average molecular weight is 432 g/mol. The molecule has 0 bridgehead atoms. The molecular weight excluding hydrogens is 426 g/mol. The topological polar surface area (TPSA) is 46.2 Å². The van der Waals surface area contributed by atoms with E-state index in [9.17, 15) is 8.42 Å². The lowest BCUT2D eigenvalue weighted by atomic mass is 10.3. The summed E-state index contributed by atoms with van der Waals surface area (Å²) in [5.41, 5.74) is 0.343. The van der Waals surface area contributed by atoms with Crippen LogP contribution >= 0.6 is 54.8 Å². The lowest BCUT2D eigenvalue weighted by Gasteiger charge is -2.08. The third-order valence-electron chi connectivity index (χ3n) is 1.99. The molecule has 1 aromatic carbocycles. The third kappa shape index (κ3) is 3.27. The molecular formula is C10H6Br2ClNO2S2. The molecule has 1 N–H and O–H groups in total. The van der Waals surface area contributed by atoms with Crippen molar-refractivity contribution in [3.63, 3.8) is 0 Å². The minimum Gasteiger partial charge on any atom is -0.277 e. The number of nitrogens with one attached hydrogen (secondary N) is 1. The third-order valence-corrected chi connectivity index (χ3v) is 6.29. The molecule has 0 aliphatic heterocycles. The molecule has 0 atom stereocenters. The van der Waals surface area contributed by atoms with Gasteiger partial charge >= 0.3 is 0 Å². The number of anilines is 1. The van der Waals surface area contributed by atoms with Crippen molar-refractivity contribution in [2.24, 2.45) is 0 Å². The maximum Gasteiger partial charge on any atom is 0.271 e. The zero-order chi connectivity index (χ0) is 13.3. The predicted molar refractivity (Wildman–Crippen MR) is 82.0 cm³/mol. The van der Waals surface area contributed by atoms with E-state index in [1.165, 1.54) is 6.07 Å². The highest BCUT2D eigenvalue weighted by atomic mass is 79.9. The largest absolute Gasteiger partial charge is 0.277 e. The first-order chi connectivity index (χ1) is 8.38. The normalized spacial score (nSPS) is 11.5. The molecule has 0 amide bonds. The number of hydrogen-bond donors (Lipinski definition) is 1. The summed E-state index contributed by atoms with van der Waals surface area (Å²) in [7, 11) is -3.60. The Morgan fingerprint density at radius 2 is 1.89 bits per heavy atom. The second-order valence-corrected chi connectivity index (χ2v) is 8.98. The van der Waals surface area contributed by atoms with Crippen molar-refractivity contribution >= 4 is 70.5 Å². The fourth-order valence-electron chi connectivity index (χ4n) is 1.21. The Morgan fingerprint density at radius 1 is 1.17 bits per heavy atom. The summed E-state index contributed by atoms with van der Waals surface area (Å²) in [5.74, 6) is 0. The maximum atomic E-state index is 12.1. The van der Waals surface area contributed by atoms with Crippen LogP contribution in [0.25, 0.3) is 0 Å². The molecule has 0 fully saturated rings. The first-order valence-electron chi connectivity index (χ1n) is 4.62. The smallest absolute Gasteiger partial charge is 0.271 e.